The lowest BCUT2D eigenvalue weighted by Crippen LogP contribution is -2.06. The van der Waals surface area contributed by atoms with Crippen LogP contribution in [0.5, 0.6) is 0 Å². The molecule has 0 aliphatic heterocycles. The zero-order chi connectivity index (χ0) is 21.3. The van der Waals surface area contributed by atoms with E-state index in [-0.39, 0.29) is 45.2 Å². The molecule has 0 aliphatic carbocycles. The Morgan fingerprint density at radius 3 is 1.21 bits per heavy atom. The molecule has 0 bridgehead atoms. The van der Waals surface area contributed by atoms with Gasteiger partial charge in [-0.25, -0.2) is 9.59 Å². The third-order valence-electron chi connectivity index (χ3n) is 3.51. The smallest absolute Gasteiger partial charge is 0.336 e. The van der Waals surface area contributed by atoms with E-state index in [1.54, 1.807) is 0 Å². The van der Waals surface area contributed by atoms with Crippen LogP contribution in [0.4, 0.5) is 0 Å². The SMILES string of the molecule is O=C(O)c1ccccc1C(=O)O.O=Cc1cc(C=O)c(C=O)c(C=O)c1C=O. The van der Waals surface area contributed by atoms with Crippen LogP contribution in [0.1, 0.15) is 72.5 Å². The summed E-state index contributed by atoms with van der Waals surface area (Å²) in [6.45, 7) is 0. The first-order chi connectivity index (χ1) is 13.4. The second kappa shape index (κ2) is 10.0. The highest BCUT2D eigenvalue weighted by Gasteiger charge is 2.16. The van der Waals surface area contributed by atoms with Crippen LogP contribution in [-0.4, -0.2) is 53.6 Å². The number of aldehydes is 5. The number of carbonyl (C=O) groups is 7. The van der Waals surface area contributed by atoms with Crippen molar-refractivity contribution in [1.29, 1.82) is 0 Å². The number of carbonyl (C=O) groups excluding carboxylic acids is 5. The Bertz CT molecular complexity index is 902. The summed E-state index contributed by atoms with van der Waals surface area (Å²) in [4.78, 5) is 74.4. The van der Waals surface area contributed by atoms with Crippen LogP contribution in [-0.2, 0) is 0 Å². The van der Waals surface area contributed by atoms with Crippen LogP contribution in [0.15, 0.2) is 30.3 Å². The number of aromatic carboxylic acids is 2. The summed E-state index contributed by atoms with van der Waals surface area (Å²) in [5.41, 5.74) is -1.17. The molecule has 28 heavy (non-hydrogen) atoms. The van der Waals surface area contributed by atoms with Gasteiger partial charge in [-0.3, -0.25) is 24.0 Å². The Labute approximate surface area is 157 Å². The van der Waals surface area contributed by atoms with E-state index in [0.717, 1.165) is 6.07 Å². The van der Waals surface area contributed by atoms with Gasteiger partial charge in [-0.15, -0.1) is 0 Å². The van der Waals surface area contributed by atoms with Crippen molar-refractivity contribution in [3.63, 3.8) is 0 Å². The van der Waals surface area contributed by atoms with Crippen molar-refractivity contribution in [2.24, 2.45) is 0 Å². The van der Waals surface area contributed by atoms with Gasteiger partial charge in [0.1, 0.15) is 0 Å². The molecule has 0 aromatic heterocycles. The first-order valence-corrected chi connectivity index (χ1v) is 7.38. The molecule has 2 aromatic rings. The Morgan fingerprint density at radius 2 is 0.964 bits per heavy atom. The summed E-state index contributed by atoms with van der Waals surface area (Å²) in [6, 6.07) is 6.57. The monoisotopic (exact) mass is 384 g/mol. The molecule has 0 spiro atoms. The number of carboxylic acid groups (broad SMARTS) is 2. The van der Waals surface area contributed by atoms with E-state index in [0.29, 0.717) is 25.1 Å². The van der Waals surface area contributed by atoms with Crippen molar-refractivity contribution in [1.82, 2.24) is 0 Å². The number of hydrogen-bond acceptors (Lipinski definition) is 7. The van der Waals surface area contributed by atoms with Crippen LogP contribution in [0.25, 0.3) is 0 Å². The summed E-state index contributed by atoms with van der Waals surface area (Å²) in [7, 11) is 0. The third kappa shape index (κ3) is 4.67. The van der Waals surface area contributed by atoms with E-state index in [9.17, 15) is 33.6 Å². The average Bonchev–Trinajstić information content (AvgIpc) is 2.72. The fourth-order valence-electron chi connectivity index (χ4n) is 2.22. The topological polar surface area (TPSA) is 160 Å². The van der Waals surface area contributed by atoms with Gasteiger partial charge in [0, 0.05) is 27.8 Å². The summed E-state index contributed by atoms with van der Waals surface area (Å²) >= 11 is 0. The van der Waals surface area contributed by atoms with E-state index < -0.39 is 11.9 Å². The molecule has 9 heteroatoms. The highest BCUT2D eigenvalue weighted by atomic mass is 16.4. The third-order valence-corrected chi connectivity index (χ3v) is 3.51. The maximum Gasteiger partial charge on any atom is 0.336 e. The normalized spacial score (nSPS) is 9.29. The molecule has 2 aromatic carbocycles. The van der Waals surface area contributed by atoms with E-state index >= 15 is 0 Å². The van der Waals surface area contributed by atoms with Gasteiger partial charge in [0.25, 0.3) is 0 Å². The molecular formula is C19H12O9. The molecule has 2 N–H and O–H groups in total. The molecule has 0 heterocycles. The zero-order valence-corrected chi connectivity index (χ0v) is 14.0. The van der Waals surface area contributed by atoms with Crippen molar-refractivity contribution in [3.05, 3.63) is 69.3 Å². The van der Waals surface area contributed by atoms with Gasteiger partial charge in [0.05, 0.1) is 11.1 Å². The summed E-state index contributed by atoms with van der Waals surface area (Å²) in [5, 5.41) is 17.1. The standard InChI is InChI=1S/C11H6O5.C8H6O4/c12-2-7-1-8(3-13)10(5-15)11(6-16)9(7)4-14;9-7(10)5-3-1-2-4-6(5)8(11)12/h1-6H;1-4H,(H,9,10)(H,11,12). The number of rotatable bonds is 7. The van der Waals surface area contributed by atoms with Gasteiger partial charge in [-0.1, -0.05) is 12.1 Å². The van der Waals surface area contributed by atoms with Crippen molar-refractivity contribution in [2.75, 3.05) is 0 Å². The fourth-order valence-corrected chi connectivity index (χ4v) is 2.22. The van der Waals surface area contributed by atoms with E-state index in [4.69, 9.17) is 10.2 Å². The average molecular weight is 384 g/mol. The van der Waals surface area contributed by atoms with E-state index in [2.05, 4.69) is 0 Å². The minimum atomic E-state index is -1.23. The Hall–Kier alpha value is -4.27. The second-order valence-corrected chi connectivity index (χ2v) is 5.04. The maximum atomic E-state index is 10.8. The van der Waals surface area contributed by atoms with Crippen LogP contribution in [0.2, 0.25) is 0 Å². The van der Waals surface area contributed by atoms with E-state index in [1.165, 1.54) is 24.3 Å². The highest BCUT2D eigenvalue weighted by molar-refractivity contribution is 6.07. The lowest BCUT2D eigenvalue weighted by molar-refractivity contribution is 0.0651. The molecule has 0 radical (unpaired) electrons. The number of hydrogen-bond donors (Lipinski definition) is 2. The Morgan fingerprint density at radius 1 is 0.607 bits per heavy atom. The van der Waals surface area contributed by atoms with Gasteiger partial charge in [0.2, 0.25) is 0 Å². The number of carboxylic acids is 2. The molecular weight excluding hydrogens is 372 g/mol. The predicted octanol–water partition coefficient (Wildman–Crippen LogP) is 1.83. The lowest BCUT2D eigenvalue weighted by Gasteiger charge is -2.06. The van der Waals surface area contributed by atoms with Gasteiger partial charge in [-0.05, 0) is 18.2 Å². The largest absolute Gasteiger partial charge is 0.478 e. The fraction of sp³-hybridized carbons (Fsp3) is 0. The molecule has 0 aliphatic rings. The molecule has 0 atom stereocenters. The van der Waals surface area contributed by atoms with E-state index in [1.807, 2.05) is 0 Å². The molecule has 0 saturated carbocycles. The molecule has 0 fully saturated rings. The molecule has 9 nitrogen and oxygen atoms in total. The molecule has 142 valence electrons. The summed E-state index contributed by atoms with van der Waals surface area (Å²) < 4.78 is 0. The van der Waals surface area contributed by atoms with Crippen molar-refractivity contribution >= 4 is 43.4 Å². The molecule has 0 unspecified atom stereocenters. The Kier molecular flexibility index (Phi) is 7.79. The van der Waals surface area contributed by atoms with Crippen molar-refractivity contribution in [3.8, 4) is 0 Å². The summed E-state index contributed by atoms with van der Waals surface area (Å²) in [6.07, 6.45) is 1.56. The first kappa shape index (κ1) is 21.8. The van der Waals surface area contributed by atoms with Gasteiger partial charge in [-0.2, -0.15) is 0 Å². The van der Waals surface area contributed by atoms with Crippen LogP contribution >= 0.6 is 0 Å². The van der Waals surface area contributed by atoms with Gasteiger partial charge in [0.15, 0.2) is 31.4 Å². The van der Waals surface area contributed by atoms with Crippen molar-refractivity contribution < 1.29 is 43.8 Å². The van der Waals surface area contributed by atoms with Crippen LogP contribution < -0.4 is 0 Å². The predicted molar refractivity (Wildman–Crippen MR) is 93.7 cm³/mol. The van der Waals surface area contributed by atoms with Crippen LogP contribution in [0.3, 0.4) is 0 Å². The molecule has 0 saturated heterocycles. The maximum absolute atomic E-state index is 10.8. The second-order valence-electron chi connectivity index (χ2n) is 5.04. The minimum Gasteiger partial charge on any atom is -0.478 e. The lowest BCUT2D eigenvalue weighted by atomic mass is 9.94. The quantitative estimate of drug-likeness (QED) is 0.679. The van der Waals surface area contributed by atoms with Crippen molar-refractivity contribution in [2.45, 2.75) is 0 Å². The zero-order valence-electron chi connectivity index (χ0n) is 14.0. The number of benzene rings is 2. The summed E-state index contributed by atoms with van der Waals surface area (Å²) in [5.74, 6) is -2.46. The molecule has 2 rings (SSSR count). The van der Waals surface area contributed by atoms with Gasteiger partial charge < -0.3 is 10.2 Å². The van der Waals surface area contributed by atoms with Crippen LogP contribution in [0, 0.1) is 0 Å². The highest BCUT2D eigenvalue weighted by Crippen LogP contribution is 2.18. The Balaban J connectivity index is 0.000000292. The first-order valence-electron chi connectivity index (χ1n) is 7.38. The minimum absolute atomic E-state index is 0.0928. The molecule has 0 amide bonds. The van der Waals surface area contributed by atoms with Gasteiger partial charge >= 0.3 is 11.9 Å².